The molecule has 0 saturated carbocycles. The van der Waals surface area contributed by atoms with E-state index in [1.54, 1.807) is 0 Å². The third-order valence-electron chi connectivity index (χ3n) is 3.82. The summed E-state index contributed by atoms with van der Waals surface area (Å²) < 4.78 is 20.7. The second-order valence-electron chi connectivity index (χ2n) is 5.19. The van der Waals surface area contributed by atoms with Crippen molar-refractivity contribution in [3.05, 3.63) is 42.1 Å². The molecule has 108 valence electrons. The molecule has 3 rings (SSSR count). The van der Waals surface area contributed by atoms with Crippen molar-refractivity contribution in [1.82, 2.24) is 4.98 Å². The van der Waals surface area contributed by atoms with Crippen LogP contribution in [0.15, 0.2) is 36.4 Å². The van der Waals surface area contributed by atoms with Crippen molar-refractivity contribution in [3.8, 4) is 0 Å². The molecule has 3 nitrogen and oxygen atoms in total. The van der Waals surface area contributed by atoms with Crippen molar-refractivity contribution in [3.63, 3.8) is 0 Å². The van der Waals surface area contributed by atoms with Crippen LogP contribution in [-0.4, -0.2) is 12.4 Å². The Balaban J connectivity index is 0.000001000. The number of nitrogens with zero attached hydrogens (tertiary/aromatic N) is 1. The van der Waals surface area contributed by atoms with E-state index in [2.05, 4.69) is 18.2 Å². The molecular weight excluding hydrogens is 333 g/mol. The van der Waals surface area contributed by atoms with Crippen LogP contribution in [0, 0.1) is 0 Å². The summed E-state index contributed by atoms with van der Waals surface area (Å²) in [5.74, 6) is 0.396. The molecule has 2 aromatic rings. The van der Waals surface area contributed by atoms with Gasteiger partial charge in [-0.25, -0.2) is 0 Å². The summed E-state index contributed by atoms with van der Waals surface area (Å²) >= 11 is -3.33. The average molecular weight is 350 g/mol. The van der Waals surface area contributed by atoms with E-state index in [9.17, 15) is 7.38 Å². The maximum atomic E-state index is 9.73. The van der Waals surface area contributed by atoms with Gasteiger partial charge in [0.2, 0.25) is 0 Å². The molecule has 1 aliphatic heterocycles. The van der Waals surface area contributed by atoms with E-state index in [4.69, 9.17) is 4.98 Å². The first-order valence-corrected chi connectivity index (χ1v) is 10.0. The van der Waals surface area contributed by atoms with Gasteiger partial charge in [0.05, 0.1) is 0 Å². The Morgan fingerprint density at radius 1 is 0.950 bits per heavy atom. The number of fused-ring (bicyclic) bond motifs is 1. The zero-order valence-electron chi connectivity index (χ0n) is 11.0. The Morgan fingerprint density at radius 3 is 2.30 bits per heavy atom. The summed E-state index contributed by atoms with van der Waals surface area (Å²) in [5.41, 5.74) is 2.13. The molecule has 1 aromatic heterocycles. The molecule has 2 heterocycles. The van der Waals surface area contributed by atoms with Crippen molar-refractivity contribution < 1.29 is 49.6 Å². The van der Waals surface area contributed by atoms with Gasteiger partial charge in [-0.15, -0.1) is 0 Å². The number of hydrogen-bond acceptors (Lipinski definition) is 3. The number of halogens is 2. The molecule has 2 N–H and O–H groups in total. The predicted molar refractivity (Wildman–Crippen MR) is 67.8 cm³/mol. The molecular formula is C14H17Cl2NO2Ti. The van der Waals surface area contributed by atoms with Crippen LogP contribution in [0.2, 0.25) is 9.45 Å². The molecule has 1 saturated heterocycles. The van der Waals surface area contributed by atoms with Gasteiger partial charge in [0, 0.05) is 0 Å². The Morgan fingerprint density at radius 2 is 1.60 bits per heavy atom. The first kappa shape index (κ1) is 17.9. The summed E-state index contributed by atoms with van der Waals surface area (Å²) in [6, 6.07) is 12.3. The van der Waals surface area contributed by atoms with Crippen LogP contribution in [0.3, 0.4) is 0 Å². The van der Waals surface area contributed by atoms with Crippen LogP contribution < -0.4 is 24.8 Å². The van der Waals surface area contributed by atoms with Crippen LogP contribution in [0.1, 0.15) is 24.5 Å². The van der Waals surface area contributed by atoms with Crippen LogP contribution in [0.5, 0.6) is 0 Å². The molecule has 1 fully saturated rings. The molecule has 0 aliphatic carbocycles. The van der Waals surface area contributed by atoms with E-state index in [1.165, 1.54) is 0 Å². The topological polar surface area (TPSA) is 53.4 Å². The fourth-order valence-corrected chi connectivity index (χ4v) is 5.61. The molecule has 20 heavy (non-hydrogen) atoms. The summed E-state index contributed by atoms with van der Waals surface area (Å²) in [7, 11) is 0. The molecule has 1 aromatic carbocycles. The first-order valence-electron chi connectivity index (χ1n) is 6.44. The van der Waals surface area contributed by atoms with Gasteiger partial charge in [-0.05, 0) is 0 Å². The zero-order chi connectivity index (χ0) is 12.6. The number of rotatable bonds is 1. The number of aromatic nitrogens is 1. The molecule has 0 bridgehead atoms. The number of benzene rings is 1. The van der Waals surface area contributed by atoms with Crippen LogP contribution in [-0.2, 0) is 17.4 Å². The minimum atomic E-state index is -3.33. The third kappa shape index (κ3) is 3.94. The molecule has 1 aliphatic rings. The van der Waals surface area contributed by atoms with E-state index in [0.29, 0.717) is 15.4 Å². The van der Waals surface area contributed by atoms with E-state index in [-0.39, 0.29) is 24.8 Å². The fourth-order valence-electron chi connectivity index (χ4n) is 2.69. The van der Waals surface area contributed by atoms with Gasteiger partial charge in [0.1, 0.15) is 0 Å². The summed E-state index contributed by atoms with van der Waals surface area (Å²) in [4.78, 5) is 4.70. The van der Waals surface area contributed by atoms with E-state index in [1.807, 2.05) is 18.2 Å². The van der Waals surface area contributed by atoms with Crippen molar-refractivity contribution in [2.24, 2.45) is 0 Å². The monoisotopic (exact) mass is 349 g/mol. The van der Waals surface area contributed by atoms with Crippen molar-refractivity contribution in [1.29, 1.82) is 0 Å². The normalized spacial score (nSPS) is 16.5. The van der Waals surface area contributed by atoms with Gasteiger partial charge in [-0.1, -0.05) is 0 Å². The molecule has 0 spiro atoms. The Bertz CT molecular complexity index is 570. The Hall–Kier alpha value is -0.156. The van der Waals surface area contributed by atoms with E-state index in [0.717, 1.165) is 29.4 Å². The van der Waals surface area contributed by atoms with Crippen LogP contribution in [0.25, 0.3) is 10.9 Å². The number of pyridine rings is 1. The van der Waals surface area contributed by atoms with Crippen molar-refractivity contribution >= 4 is 10.9 Å². The standard InChI is InChI=1S/C14H15N.2ClH.2H2O.Ti/c1-3-11(4-2)14-10-9-12-7-5-6-8-13(12)15-14;;;;;/h5-11H,1-4H2;2*1H;2*1H2;/q;;;;;+4/p-4. The minimum absolute atomic E-state index is 0. The fraction of sp³-hybridized carbons (Fsp3) is 0.357. The second kappa shape index (κ2) is 7.21. The Labute approximate surface area is 135 Å². The van der Waals surface area contributed by atoms with Gasteiger partial charge >= 0.3 is 111 Å². The SMILES string of the molecule is [Cl-].[Cl-].[OH][Ti+2]1([OH])[CH2]CC(c2ccc3ccccc3n2)C[CH2]1. The summed E-state index contributed by atoms with van der Waals surface area (Å²) in [5, 5.41) is 1.16. The predicted octanol–water partition coefficient (Wildman–Crippen LogP) is -3.07. The van der Waals surface area contributed by atoms with Crippen LogP contribution >= 0.6 is 0 Å². The zero-order valence-corrected chi connectivity index (χ0v) is 14.0. The quantitative estimate of drug-likeness (QED) is 0.537. The molecule has 0 amide bonds. The molecule has 6 heteroatoms. The van der Waals surface area contributed by atoms with Crippen molar-refractivity contribution in [2.45, 2.75) is 28.2 Å². The molecule has 0 unspecified atom stereocenters. The van der Waals surface area contributed by atoms with Gasteiger partial charge < -0.3 is 24.8 Å². The van der Waals surface area contributed by atoms with Crippen LogP contribution in [0.4, 0.5) is 0 Å². The van der Waals surface area contributed by atoms with Gasteiger partial charge in [0.25, 0.3) is 0 Å². The number of hydrogen-bond donors (Lipinski definition) is 2. The van der Waals surface area contributed by atoms with Gasteiger partial charge in [-0.2, -0.15) is 0 Å². The molecule has 0 radical (unpaired) electrons. The van der Waals surface area contributed by atoms with Gasteiger partial charge in [0.15, 0.2) is 0 Å². The van der Waals surface area contributed by atoms with E-state index >= 15 is 0 Å². The average Bonchev–Trinajstić information content (AvgIpc) is 2.38. The van der Waals surface area contributed by atoms with Gasteiger partial charge in [-0.3, -0.25) is 0 Å². The van der Waals surface area contributed by atoms with Crippen molar-refractivity contribution in [2.75, 3.05) is 0 Å². The maximum absolute atomic E-state index is 9.73. The Kier molecular flexibility index (Phi) is 6.45. The third-order valence-corrected chi connectivity index (χ3v) is 7.23. The second-order valence-corrected chi connectivity index (χ2v) is 9.82. The summed E-state index contributed by atoms with van der Waals surface area (Å²) in [6.07, 6.45) is 1.75. The molecule has 0 atom stereocenters. The first-order chi connectivity index (χ1) is 8.64. The van der Waals surface area contributed by atoms with E-state index < -0.39 is 17.4 Å². The number of para-hydroxylation sites is 1. The summed E-state index contributed by atoms with van der Waals surface area (Å²) in [6.45, 7) is 0.